The Morgan fingerprint density at radius 1 is 1.59 bits per heavy atom. The summed E-state index contributed by atoms with van der Waals surface area (Å²) in [7, 11) is -0.721. The molecule has 2 rings (SSSR count). The van der Waals surface area contributed by atoms with E-state index in [0.717, 1.165) is 29.7 Å². The minimum atomic E-state index is -0.721. The third kappa shape index (κ3) is 3.79. The van der Waals surface area contributed by atoms with Crippen molar-refractivity contribution < 1.29 is 8.95 Å². The zero-order chi connectivity index (χ0) is 12.3. The summed E-state index contributed by atoms with van der Waals surface area (Å²) in [4.78, 5) is 0. The van der Waals surface area contributed by atoms with Crippen LogP contribution in [0.5, 0.6) is 5.75 Å². The van der Waals surface area contributed by atoms with Gasteiger partial charge in [0.25, 0.3) is 0 Å². The maximum atomic E-state index is 10.9. The lowest BCUT2D eigenvalue weighted by Crippen LogP contribution is -2.32. The van der Waals surface area contributed by atoms with Gasteiger partial charge in [0.05, 0.1) is 0 Å². The number of nitrogens with one attached hydrogen (secondary N) is 1. The number of rotatable bonds is 5. The predicted octanol–water partition coefficient (Wildman–Crippen LogP) is 1.72. The van der Waals surface area contributed by atoms with Crippen LogP contribution >= 0.6 is 15.9 Å². The van der Waals surface area contributed by atoms with Crippen molar-refractivity contribution in [3.8, 4) is 5.75 Å². The van der Waals surface area contributed by atoms with Gasteiger partial charge in [-0.25, -0.2) is 0 Å². The van der Waals surface area contributed by atoms with Gasteiger partial charge in [-0.15, -0.1) is 0 Å². The van der Waals surface area contributed by atoms with Crippen LogP contribution in [0.2, 0.25) is 0 Å². The van der Waals surface area contributed by atoms with Crippen molar-refractivity contribution in [2.75, 3.05) is 25.1 Å². The van der Waals surface area contributed by atoms with E-state index in [0.29, 0.717) is 5.75 Å². The van der Waals surface area contributed by atoms with Gasteiger partial charge in [-0.05, 0) is 23.8 Å². The van der Waals surface area contributed by atoms with Gasteiger partial charge < -0.3 is 10.1 Å². The molecule has 2 atom stereocenters. The van der Waals surface area contributed by atoms with Crippen molar-refractivity contribution in [3.63, 3.8) is 0 Å². The van der Waals surface area contributed by atoms with Gasteiger partial charge in [0.2, 0.25) is 0 Å². The zero-order valence-electron chi connectivity index (χ0n) is 9.74. The fourth-order valence-corrected chi connectivity index (χ4v) is 2.72. The van der Waals surface area contributed by atoms with Gasteiger partial charge in [0.1, 0.15) is 11.9 Å². The maximum Gasteiger partial charge on any atom is 0.123 e. The molecule has 94 valence electrons. The lowest BCUT2D eigenvalue weighted by atomic mass is 10.1. The van der Waals surface area contributed by atoms with Crippen molar-refractivity contribution in [1.82, 2.24) is 5.32 Å². The van der Waals surface area contributed by atoms with Gasteiger partial charge in [-0.1, -0.05) is 15.9 Å². The van der Waals surface area contributed by atoms with Crippen LogP contribution < -0.4 is 10.1 Å². The Kier molecular flexibility index (Phi) is 4.59. The van der Waals surface area contributed by atoms with Crippen LogP contribution in [0, 0.1) is 0 Å². The van der Waals surface area contributed by atoms with E-state index >= 15 is 0 Å². The molecule has 1 aliphatic rings. The molecule has 3 nitrogen and oxygen atoms in total. The molecule has 0 saturated heterocycles. The monoisotopic (exact) mass is 317 g/mol. The van der Waals surface area contributed by atoms with E-state index in [-0.39, 0.29) is 6.10 Å². The number of hydrogen-bond acceptors (Lipinski definition) is 3. The second-order valence-corrected chi connectivity index (χ2v) is 6.65. The summed E-state index contributed by atoms with van der Waals surface area (Å²) in [6, 6.07) is 6.10. The molecule has 1 heterocycles. The molecule has 17 heavy (non-hydrogen) atoms. The van der Waals surface area contributed by atoms with E-state index in [4.69, 9.17) is 4.74 Å². The highest BCUT2D eigenvalue weighted by molar-refractivity contribution is 9.10. The topological polar surface area (TPSA) is 38.3 Å². The number of benzene rings is 1. The second kappa shape index (κ2) is 5.98. The van der Waals surface area contributed by atoms with Crippen LogP contribution in [-0.2, 0) is 17.2 Å². The van der Waals surface area contributed by atoms with Gasteiger partial charge in [-0.3, -0.25) is 4.21 Å². The first-order valence-electron chi connectivity index (χ1n) is 5.61. The molecule has 1 aliphatic heterocycles. The number of halogens is 1. The largest absolute Gasteiger partial charge is 0.488 e. The van der Waals surface area contributed by atoms with Crippen LogP contribution in [0.15, 0.2) is 22.7 Å². The van der Waals surface area contributed by atoms with Crippen molar-refractivity contribution in [2.45, 2.75) is 12.5 Å². The van der Waals surface area contributed by atoms with Crippen LogP contribution in [0.4, 0.5) is 0 Å². The van der Waals surface area contributed by atoms with E-state index in [1.165, 1.54) is 5.56 Å². The summed E-state index contributed by atoms with van der Waals surface area (Å²) < 4.78 is 17.8. The molecule has 0 aromatic heterocycles. The van der Waals surface area contributed by atoms with Gasteiger partial charge in [0, 0.05) is 46.8 Å². The Balaban J connectivity index is 1.78. The zero-order valence-corrected chi connectivity index (χ0v) is 12.1. The lowest BCUT2D eigenvalue weighted by Gasteiger charge is -2.11. The quantitative estimate of drug-likeness (QED) is 0.840. The molecule has 0 fully saturated rings. The summed E-state index contributed by atoms with van der Waals surface area (Å²) in [6.45, 7) is 1.59. The van der Waals surface area contributed by atoms with E-state index in [9.17, 15) is 4.21 Å². The predicted molar refractivity (Wildman–Crippen MR) is 74.1 cm³/mol. The summed E-state index contributed by atoms with van der Waals surface area (Å²) >= 11 is 3.46. The molecule has 0 radical (unpaired) electrons. The molecular formula is C12H16BrNO2S. The van der Waals surface area contributed by atoms with Crippen molar-refractivity contribution in [2.24, 2.45) is 0 Å². The standard InChI is InChI=1S/C12H16BrNO2S/c1-17(15)5-4-14-8-11-7-9-6-10(13)2-3-12(9)16-11/h2-3,6,11,14H,4-5,7-8H2,1H3. The van der Waals surface area contributed by atoms with Crippen molar-refractivity contribution in [3.05, 3.63) is 28.2 Å². The van der Waals surface area contributed by atoms with Crippen molar-refractivity contribution >= 4 is 26.7 Å². The summed E-state index contributed by atoms with van der Waals surface area (Å²) in [6.07, 6.45) is 2.86. The average molecular weight is 318 g/mol. The first-order valence-corrected chi connectivity index (χ1v) is 8.13. The van der Waals surface area contributed by atoms with Crippen LogP contribution in [0.1, 0.15) is 5.56 Å². The molecule has 0 saturated carbocycles. The highest BCUT2D eigenvalue weighted by Gasteiger charge is 2.22. The van der Waals surface area contributed by atoms with E-state index in [1.54, 1.807) is 6.26 Å². The number of hydrogen-bond donors (Lipinski definition) is 1. The van der Waals surface area contributed by atoms with Crippen LogP contribution in [0.25, 0.3) is 0 Å². The Morgan fingerprint density at radius 3 is 3.18 bits per heavy atom. The molecule has 5 heteroatoms. The molecular weight excluding hydrogens is 302 g/mol. The van der Waals surface area contributed by atoms with Crippen LogP contribution in [-0.4, -0.2) is 35.4 Å². The highest BCUT2D eigenvalue weighted by atomic mass is 79.9. The Bertz CT molecular complexity index is 425. The minimum Gasteiger partial charge on any atom is -0.488 e. The molecule has 0 spiro atoms. The van der Waals surface area contributed by atoms with E-state index in [2.05, 4.69) is 27.3 Å². The van der Waals surface area contributed by atoms with Gasteiger partial charge in [-0.2, -0.15) is 0 Å². The molecule has 0 aliphatic carbocycles. The third-order valence-electron chi connectivity index (χ3n) is 2.70. The Hall–Kier alpha value is -0.390. The summed E-state index contributed by atoms with van der Waals surface area (Å²) in [5.74, 6) is 1.68. The number of fused-ring (bicyclic) bond motifs is 1. The molecule has 1 aromatic rings. The van der Waals surface area contributed by atoms with Gasteiger partial charge >= 0.3 is 0 Å². The molecule has 0 amide bonds. The second-order valence-electron chi connectivity index (χ2n) is 4.18. The molecule has 1 N–H and O–H groups in total. The molecule has 2 unspecified atom stereocenters. The Labute approximate surface area is 113 Å². The first kappa shape index (κ1) is 13.1. The van der Waals surface area contributed by atoms with Crippen molar-refractivity contribution in [1.29, 1.82) is 0 Å². The normalized spacial score (nSPS) is 19.8. The van der Waals surface area contributed by atoms with Gasteiger partial charge in [0.15, 0.2) is 0 Å². The third-order valence-corrected chi connectivity index (χ3v) is 3.97. The minimum absolute atomic E-state index is 0.199. The SMILES string of the molecule is CS(=O)CCNCC1Cc2cc(Br)ccc2O1. The summed E-state index contributed by atoms with van der Waals surface area (Å²) in [5.41, 5.74) is 1.25. The molecule has 1 aromatic carbocycles. The first-order chi connectivity index (χ1) is 8.15. The maximum absolute atomic E-state index is 10.9. The highest BCUT2D eigenvalue weighted by Crippen LogP contribution is 2.30. The molecule has 0 bridgehead atoms. The average Bonchev–Trinajstić information content (AvgIpc) is 2.66. The van der Waals surface area contributed by atoms with E-state index in [1.807, 2.05) is 12.1 Å². The van der Waals surface area contributed by atoms with Crippen LogP contribution in [0.3, 0.4) is 0 Å². The fraction of sp³-hybridized carbons (Fsp3) is 0.500. The fourth-order valence-electron chi connectivity index (χ4n) is 1.88. The summed E-state index contributed by atoms with van der Waals surface area (Å²) in [5, 5.41) is 3.28. The van der Waals surface area contributed by atoms with E-state index < -0.39 is 10.8 Å². The lowest BCUT2D eigenvalue weighted by molar-refractivity contribution is 0.229. The Morgan fingerprint density at radius 2 is 2.41 bits per heavy atom. The smallest absolute Gasteiger partial charge is 0.123 e. The number of ether oxygens (including phenoxy) is 1.